The molecule has 0 N–H and O–H groups in total. The number of nitrogens with zero attached hydrogens (tertiary/aromatic N) is 3. The second-order valence-electron chi connectivity index (χ2n) is 5.07. The molecule has 1 aliphatic carbocycles. The van der Waals surface area contributed by atoms with Gasteiger partial charge in [-0.15, -0.1) is 33.4 Å². The summed E-state index contributed by atoms with van der Waals surface area (Å²) in [5.41, 5.74) is 1.01. The van der Waals surface area contributed by atoms with Crippen molar-refractivity contribution in [2.24, 2.45) is 13.0 Å². The summed E-state index contributed by atoms with van der Waals surface area (Å²) in [7, 11) is 3.61. The van der Waals surface area contributed by atoms with Crippen molar-refractivity contribution in [3.8, 4) is 17.1 Å². The van der Waals surface area contributed by atoms with Crippen molar-refractivity contribution >= 4 is 35.0 Å². The third-order valence-corrected chi connectivity index (χ3v) is 5.66. The Hall–Kier alpha value is -0.910. The number of ether oxygens (including phenoxy) is 1. The lowest BCUT2D eigenvalue weighted by molar-refractivity contribution is 0.415. The van der Waals surface area contributed by atoms with Crippen LogP contribution in [0, 0.1) is 5.92 Å². The molecule has 0 spiro atoms. The molecular formula is C14H15Cl2N3OS. The van der Waals surface area contributed by atoms with Crippen molar-refractivity contribution in [1.82, 2.24) is 14.8 Å². The number of alkyl halides is 2. The van der Waals surface area contributed by atoms with Gasteiger partial charge < -0.3 is 9.30 Å². The van der Waals surface area contributed by atoms with E-state index in [2.05, 4.69) is 10.2 Å². The van der Waals surface area contributed by atoms with E-state index >= 15 is 0 Å². The smallest absolute Gasteiger partial charge is 0.191 e. The third kappa shape index (κ3) is 3.15. The fraction of sp³-hybridized carbons (Fsp3) is 0.429. The van der Waals surface area contributed by atoms with Gasteiger partial charge in [-0.05, 0) is 30.7 Å². The molecule has 0 aliphatic heterocycles. The maximum absolute atomic E-state index is 6.04. The van der Waals surface area contributed by atoms with Crippen LogP contribution in [0.2, 0.25) is 0 Å². The first-order valence-corrected chi connectivity index (χ1v) is 8.30. The molecule has 1 atom stereocenters. The molecule has 1 fully saturated rings. The van der Waals surface area contributed by atoms with Crippen LogP contribution in [0.25, 0.3) is 11.4 Å². The van der Waals surface area contributed by atoms with Crippen molar-refractivity contribution in [2.75, 3.05) is 12.9 Å². The van der Waals surface area contributed by atoms with Gasteiger partial charge in [0, 0.05) is 24.3 Å². The maximum Gasteiger partial charge on any atom is 0.191 e. The van der Waals surface area contributed by atoms with E-state index in [1.807, 2.05) is 35.9 Å². The largest absolute Gasteiger partial charge is 0.497 e. The Kier molecular flexibility index (Phi) is 4.08. The van der Waals surface area contributed by atoms with Gasteiger partial charge in [0.05, 0.1) is 7.11 Å². The predicted molar refractivity (Wildman–Crippen MR) is 86.3 cm³/mol. The molecule has 0 bridgehead atoms. The Morgan fingerprint density at radius 1 is 1.33 bits per heavy atom. The fourth-order valence-electron chi connectivity index (χ4n) is 2.06. The first kappa shape index (κ1) is 15.0. The van der Waals surface area contributed by atoms with E-state index in [1.54, 1.807) is 18.9 Å². The van der Waals surface area contributed by atoms with Crippen LogP contribution in [0.4, 0.5) is 0 Å². The normalized spacial score (nSPS) is 19.5. The molecule has 1 heterocycles. The van der Waals surface area contributed by atoms with Gasteiger partial charge in [0.1, 0.15) is 10.1 Å². The van der Waals surface area contributed by atoms with Crippen LogP contribution in [0.5, 0.6) is 5.75 Å². The van der Waals surface area contributed by atoms with Crippen LogP contribution >= 0.6 is 35.0 Å². The van der Waals surface area contributed by atoms with E-state index < -0.39 is 4.33 Å². The van der Waals surface area contributed by atoms with Crippen molar-refractivity contribution in [1.29, 1.82) is 0 Å². The summed E-state index contributed by atoms with van der Waals surface area (Å²) < 4.78 is 6.61. The lowest BCUT2D eigenvalue weighted by Crippen LogP contribution is -1.98. The minimum Gasteiger partial charge on any atom is -0.497 e. The molecule has 1 saturated carbocycles. The highest BCUT2D eigenvalue weighted by Gasteiger charge is 2.51. The fourth-order valence-corrected chi connectivity index (χ4v) is 3.90. The first-order valence-electron chi connectivity index (χ1n) is 6.55. The van der Waals surface area contributed by atoms with Gasteiger partial charge in [-0.25, -0.2) is 0 Å². The zero-order valence-corrected chi connectivity index (χ0v) is 14.0. The molecule has 0 saturated heterocycles. The van der Waals surface area contributed by atoms with Gasteiger partial charge >= 0.3 is 0 Å². The molecule has 2 aromatic rings. The van der Waals surface area contributed by atoms with E-state index in [0.29, 0.717) is 5.92 Å². The number of rotatable bonds is 5. The molecule has 1 aliphatic rings. The Balaban J connectivity index is 1.72. The first-order chi connectivity index (χ1) is 10.0. The Morgan fingerprint density at radius 3 is 2.57 bits per heavy atom. The Morgan fingerprint density at radius 2 is 2.00 bits per heavy atom. The summed E-state index contributed by atoms with van der Waals surface area (Å²) in [6.07, 6.45) is 0.853. The molecular weight excluding hydrogens is 329 g/mol. The SMILES string of the molecule is COc1ccc(-c2nnc(SC[C@@H]3CC3(Cl)Cl)n2C)cc1. The zero-order chi connectivity index (χ0) is 15.0. The van der Waals surface area contributed by atoms with Crippen LogP contribution in [0.3, 0.4) is 0 Å². The van der Waals surface area contributed by atoms with E-state index in [4.69, 9.17) is 27.9 Å². The van der Waals surface area contributed by atoms with Gasteiger partial charge in [0.25, 0.3) is 0 Å². The lowest BCUT2D eigenvalue weighted by atomic mass is 10.2. The molecule has 21 heavy (non-hydrogen) atoms. The molecule has 0 amide bonds. The van der Waals surface area contributed by atoms with Gasteiger partial charge in [0.15, 0.2) is 11.0 Å². The highest BCUT2D eigenvalue weighted by molar-refractivity contribution is 7.99. The summed E-state index contributed by atoms with van der Waals surface area (Å²) in [6, 6.07) is 7.77. The number of hydrogen-bond acceptors (Lipinski definition) is 4. The van der Waals surface area contributed by atoms with Crippen molar-refractivity contribution in [3.63, 3.8) is 0 Å². The average molecular weight is 344 g/mol. The predicted octanol–water partition coefficient (Wildman–Crippen LogP) is 3.78. The Bertz CT molecular complexity index is 642. The second kappa shape index (κ2) is 5.71. The summed E-state index contributed by atoms with van der Waals surface area (Å²) in [4.78, 5) is 0. The zero-order valence-electron chi connectivity index (χ0n) is 11.7. The van der Waals surface area contributed by atoms with E-state index in [-0.39, 0.29) is 0 Å². The molecule has 0 unspecified atom stereocenters. The lowest BCUT2D eigenvalue weighted by Gasteiger charge is -2.05. The minimum absolute atomic E-state index is 0.340. The summed E-state index contributed by atoms with van der Waals surface area (Å²) in [6.45, 7) is 0. The molecule has 1 aromatic heterocycles. The number of hydrogen-bond donors (Lipinski definition) is 0. The topological polar surface area (TPSA) is 39.9 Å². The highest BCUT2D eigenvalue weighted by Crippen LogP contribution is 2.54. The molecule has 7 heteroatoms. The standard InChI is InChI=1S/C14H15Cl2N3OS/c1-19-12(9-3-5-11(20-2)6-4-9)17-18-13(19)21-8-10-7-14(10,15)16/h3-6,10H,7-8H2,1-2H3/t10-/m0/s1. The third-order valence-electron chi connectivity index (χ3n) is 3.55. The molecule has 112 valence electrons. The summed E-state index contributed by atoms with van der Waals surface area (Å²) in [5, 5.41) is 9.37. The minimum atomic E-state index is -0.537. The summed E-state index contributed by atoms with van der Waals surface area (Å²) >= 11 is 13.7. The quantitative estimate of drug-likeness (QED) is 0.611. The van der Waals surface area contributed by atoms with E-state index in [1.165, 1.54) is 0 Å². The average Bonchev–Trinajstić information content (AvgIpc) is 2.92. The van der Waals surface area contributed by atoms with Crippen molar-refractivity contribution in [3.05, 3.63) is 24.3 Å². The van der Waals surface area contributed by atoms with Gasteiger partial charge in [-0.3, -0.25) is 0 Å². The van der Waals surface area contributed by atoms with Crippen LogP contribution in [0.1, 0.15) is 6.42 Å². The van der Waals surface area contributed by atoms with Gasteiger partial charge in [0.2, 0.25) is 0 Å². The molecule has 4 nitrogen and oxygen atoms in total. The van der Waals surface area contributed by atoms with Crippen molar-refractivity contribution in [2.45, 2.75) is 15.9 Å². The van der Waals surface area contributed by atoms with Crippen LogP contribution < -0.4 is 4.74 Å². The van der Waals surface area contributed by atoms with Crippen LogP contribution in [-0.4, -0.2) is 32.0 Å². The number of aromatic nitrogens is 3. The number of halogens is 2. The molecule has 0 radical (unpaired) electrons. The van der Waals surface area contributed by atoms with Crippen molar-refractivity contribution < 1.29 is 4.74 Å². The second-order valence-corrected chi connectivity index (χ2v) is 7.60. The molecule has 1 aromatic carbocycles. The maximum atomic E-state index is 6.04. The number of benzene rings is 1. The summed E-state index contributed by atoms with van der Waals surface area (Å²) in [5.74, 6) is 2.86. The van der Waals surface area contributed by atoms with Gasteiger partial charge in [-0.2, -0.15) is 0 Å². The number of methoxy groups -OCH3 is 1. The van der Waals surface area contributed by atoms with Crippen LogP contribution in [0.15, 0.2) is 29.4 Å². The number of thioether (sulfide) groups is 1. The van der Waals surface area contributed by atoms with E-state index in [0.717, 1.165) is 34.5 Å². The van der Waals surface area contributed by atoms with Gasteiger partial charge in [-0.1, -0.05) is 11.8 Å². The van der Waals surface area contributed by atoms with Crippen LogP contribution in [-0.2, 0) is 7.05 Å². The highest BCUT2D eigenvalue weighted by atomic mass is 35.5. The van der Waals surface area contributed by atoms with E-state index in [9.17, 15) is 0 Å². The molecule has 3 rings (SSSR count). The Labute approximate surface area is 137 Å². The monoisotopic (exact) mass is 343 g/mol.